The number of carbonyl (C=O) groups is 1. The fourth-order valence-corrected chi connectivity index (χ4v) is 3.92. The van der Waals surface area contributed by atoms with E-state index in [-0.39, 0.29) is 5.91 Å². The molecule has 10 heteroatoms. The number of fused-ring (bicyclic) bond motifs is 1. The van der Waals surface area contributed by atoms with Crippen LogP contribution in [-0.2, 0) is 4.79 Å². The fourth-order valence-electron chi connectivity index (χ4n) is 3.92. The molecule has 3 aromatic rings. The van der Waals surface area contributed by atoms with Gasteiger partial charge in [0.2, 0.25) is 5.95 Å². The zero-order valence-corrected chi connectivity index (χ0v) is 19.7. The Bertz CT molecular complexity index is 1240. The molecule has 2 N–H and O–H groups in total. The van der Waals surface area contributed by atoms with Crippen LogP contribution in [0.4, 0.5) is 11.6 Å². The first-order valence-corrected chi connectivity index (χ1v) is 10.7. The molecule has 0 saturated heterocycles. The first-order valence-electron chi connectivity index (χ1n) is 10.7. The monoisotopic (exact) mass is 465 g/mol. The lowest BCUT2D eigenvalue weighted by atomic mass is 9.94. The number of allylic oxidation sites excluding steroid dienone is 1. The first-order chi connectivity index (χ1) is 16.5. The summed E-state index contributed by atoms with van der Waals surface area (Å²) >= 11 is 0. The molecular formula is C24H27N5O5. The van der Waals surface area contributed by atoms with E-state index in [9.17, 15) is 4.79 Å². The molecule has 0 aliphatic carbocycles. The van der Waals surface area contributed by atoms with E-state index in [4.69, 9.17) is 18.9 Å². The van der Waals surface area contributed by atoms with Gasteiger partial charge in [0.1, 0.15) is 23.9 Å². The van der Waals surface area contributed by atoms with Gasteiger partial charge in [-0.2, -0.15) is 10.1 Å². The van der Waals surface area contributed by atoms with E-state index in [1.54, 1.807) is 44.2 Å². The number of amides is 1. The highest BCUT2D eigenvalue weighted by atomic mass is 16.5. The van der Waals surface area contributed by atoms with E-state index in [1.807, 2.05) is 32.0 Å². The van der Waals surface area contributed by atoms with Crippen molar-refractivity contribution in [3.63, 3.8) is 0 Å². The van der Waals surface area contributed by atoms with Crippen LogP contribution < -0.4 is 29.6 Å². The lowest BCUT2D eigenvalue weighted by Crippen LogP contribution is -2.31. The van der Waals surface area contributed by atoms with E-state index < -0.39 is 6.04 Å². The van der Waals surface area contributed by atoms with Crippen LogP contribution in [-0.4, -0.2) is 48.6 Å². The van der Waals surface area contributed by atoms with Crippen LogP contribution in [0.15, 0.2) is 54.0 Å². The Morgan fingerprint density at radius 1 is 1.06 bits per heavy atom. The maximum Gasteiger partial charge on any atom is 0.255 e. The molecule has 2 heterocycles. The minimum absolute atomic E-state index is 0.324. The SMILES string of the molecule is CCOc1ccc([C@H]2C(C(=O)Nc3cc(OC)ccc3OC)=C(C)Nc3ncnn32)cc1OC. The molecule has 34 heavy (non-hydrogen) atoms. The zero-order chi connectivity index (χ0) is 24.2. The molecule has 0 spiro atoms. The average molecular weight is 466 g/mol. The number of benzene rings is 2. The summed E-state index contributed by atoms with van der Waals surface area (Å²) < 4.78 is 23.6. The normalized spacial score (nSPS) is 14.7. The second-order valence-electron chi connectivity index (χ2n) is 7.46. The second kappa shape index (κ2) is 9.74. The van der Waals surface area contributed by atoms with Gasteiger partial charge in [-0.15, -0.1) is 0 Å². The van der Waals surface area contributed by atoms with E-state index in [2.05, 4.69) is 20.7 Å². The summed E-state index contributed by atoms with van der Waals surface area (Å²) in [6.07, 6.45) is 1.44. The predicted molar refractivity (Wildman–Crippen MR) is 127 cm³/mol. The molecule has 1 aromatic heterocycles. The third-order valence-corrected chi connectivity index (χ3v) is 5.50. The first kappa shape index (κ1) is 23.0. The summed E-state index contributed by atoms with van der Waals surface area (Å²) in [5, 5.41) is 10.5. The third-order valence-electron chi connectivity index (χ3n) is 5.50. The Hall–Kier alpha value is -4.21. The van der Waals surface area contributed by atoms with Crippen molar-refractivity contribution >= 4 is 17.5 Å². The van der Waals surface area contributed by atoms with E-state index >= 15 is 0 Å². The van der Waals surface area contributed by atoms with E-state index in [0.29, 0.717) is 52.5 Å². The highest BCUT2D eigenvalue weighted by Gasteiger charge is 2.34. The molecule has 10 nitrogen and oxygen atoms in total. The molecule has 0 fully saturated rings. The molecule has 0 bridgehead atoms. The quantitative estimate of drug-likeness (QED) is 0.519. The molecule has 0 unspecified atom stereocenters. The van der Waals surface area contributed by atoms with Gasteiger partial charge < -0.3 is 29.6 Å². The van der Waals surface area contributed by atoms with Gasteiger partial charge in [0.25, 0.3) is 5.91 Å². The van der Waals surface area contributed by atoms with Crippen molar-refractivity contribution in [2.45, 2.75) is 19.9 Å². The van der Waals surface area contributed by atoms with Crippen molar-refractivity contribution in [2.75, 3.05) is 38.6 Å². The Morgan fingerprint density at radius 3 is 2.53 bits per heavy atom. The van der Waals surface area contributed by atoms with Crippen LogP contribution in [0.25, 0.3) is 0 Å². The largest absolute Gasteiger partial charge is 0.497 e. The third kappa shape index (κ3) is 4.21. The van der Waals surface area contributed by atoms with Gasteiger partial charge in [-0.25, -0.2) is 4.68 Å². The predicted octanol–water partition coefficient (Wildman–Crippen LogP) is 3.63. The molecule has 1 atom stereocenters. The van der Waals surface area contributed by atoms with Gasteiger partial charge in [0.05, 0.1) is 39.2 Å². The summed E-state index contributed by atoms with van der Waals surface area (Å²) in [7, 11) is 4.68. The highest BCUT2D eigenvalue weighted by Crippen LogP contribution is 2.39. The van der Waals surface area contributed by atoms with E-state index in [1.165, 1.54) is 6.33 Å². The number of rotatable bonds is 8. The van der Waals surface area contributed by atoms with Crippen LogP contribution in [0, 0.1) is 0 Å². The summed E-state index contributed by atoms with van der Waals surface area (Å²) in [5.41, 5.74) is 2.39. The topological polar surface area (TPSA) is 109 Å². The molecule has 0 saturated carbocycles. The number of nitrogens with zero attached hydrogens (tertiary/aromatic N) is 3. The van der Waals surface area contributed by atoms with Gasteiger partial charge in [0, 0.05) is 11.8 Å². The number of carbonyl (C=O) groups excluding carboxylic acids is 1. The smallest absolute Gasteiger partial charge is 0.255 e. The summed E-state index contributed by atoms with van der Waals surface area (Å²) in [5.74, 6) is 2.49. The standard InChI is InChI=1S/C24H27N5O5/c1-6-34-19-9-7-15(11-20(19)33-5)22-21(14(2)27-24-25-13-26-29(22)24)23(30)28-17-12-16(31-3)8-10-18(17)32-4/h7-13,22H,6H2,1-5H3,(H,28,30)(H,25,26,27)/t22-/m0/s1. The van der Waals surface area contributed by atoms with Crippen molar-refractivity contribution in [3.8, 4) is 23.0 Å². The summed E-state index contributed by atoms with van der Waals surface area (Å²) in [6, 6.07) is 10.2. The maximum atomic E-state index is 13.7. The van der Waals surface area contributed by atoms with Crippen molar-refractivity contribution in [1.29, 1.82) is 0 Å². The minimum atomic E-state index is -0.556. The van der Waals surface area contributed by atoms with Crippen LogP contribution in [0.5, 0.6) is 23.0 Å². The van der Waals surface area contributed by atoms with Gasteiger partial charge in [-0.3, -0.25) is 4.79 Å². The Morgan fingerprint density at radius 2 is 1.82 bits per heavy atom. The number of nitrogens with one attached hydrogen (secondary N) is 2. The van der Waals surface area contributed by atoms with E-state index in [0.717, 1.165) is 5.56 Å². The van der Waals surface area contributed by atoms with Crippen molar-refractivity contribution in [1.82, 2.24) is 14.8 Å². The van der Waals surface area contributed by atoms with Gasteiger partial charge in [0.15, 0.2) is 11.5 Å². The lowest BCUT2D eigenvalue weighted by Gasteiger charge is -2.29. The van der Waals surface area contributed by atoms with Gasteiger partial charge in [-0.05, 0) is 43.7 Å². The second-order valence-corrected chi connectivity index (χ2v) is 7.46. The van der Waals surface area contributed by atoms with Crippen LogP contribution in [0.3, 0.4) is 0 Å². The number of hydrogen-bond acceptors (Lipinski definition) is 8. The van der Waals surface area contributed by atoms with Crippen LogP contribution in [0.1, 0.15) is 25.5 Å². The van der Waals surface area contributed by atoms with Crippen LogP contribution >= 0.6 is 0 Å². The Kier molecular flexibility index (Phi) is 6.58. The van der Waals surface area contributed by atoms with Gasteiger partial charge >= 0.3 is 0 Å². The number of hydrogen-bond donors (Lipinski definition) is 2. The summed E-state index contributed by atoms with van der Waals surface area (Å²) in [4.78, 5) is 17.9. The minimum Gasteiger partial charge on any atom is -0.497 e. The molecule has 4 rings (SSSR count). The molecular weight excluding hydrogens is 438 g/mol. The Balaban J connectivity index is 1.77. The number of aromatic nitrogens is 3. The highest BCUT2D eigenvalue weighted by molar-refractivity contribution is 6.06. The maximum absolute atomic E-state index is 13.7. The molecule has 0 radical (unpaired) electrons. The molecule has 1 aliphatic heterocycles. The number of ether oxygens (including phenoxy) is 4. The molecule has 1 amide bonds. The molecule has 178 valence electrons. The lowest BCUT2D eigenvalue weighted by molar-refractivity contribution is -0.113. The average Bonchev–Trinajstić information content (AvgIpc) is 3.31. The van der Waals surface area contributed by atoms with Crippen molar-refractivity contribution in [3.05, 3.63) is 59.6 Å². The van der Waals surface area contributed by atoms with Crippen molar-refractivity contribution < 1.29 is 23.7 Å². The zero-order valence-electron chi connectivity index (χ0n) is 19.7. The molecule has 1 aliphatic rings. The van der Waals surface area contributed by atoms with Crippen LogP contribution in [0.2, 0.25) is 0 Å². The Labute approximate surface area is 197 Å². The fraction of sp³-hybridized carbons (Fsp3) is 0.292. The number of anilines is 2. The van der Waals surface area contributed by atoms with Crippen molar-refractivity contribution in [2.24, 2.45) is 0 Å². The summed E-state index contributed by atoms with van der Waals surface area (Å²) in [6.45, 7) is 4.24. The van der Waals surface area contributed by atoms with Gasteiger partial charge in [-0.1, -0.05) is 6.07 Å². The molecule has 2 aromatic carbocycles. The number of methoxy groups -OCH3 is 3.